The zero-order chi connectivity index (χ0) is 11.8. The highest BCUT2D eigenvalue weighted by atomic mass is 16.5. The van der Waals surface area contributed by atoms with Crippen molar-refractivity contribution in [2.24, 2.45) is 0 Å². The lowest BCUT2D eigenvalue weighted by Gasteiger charge is -2.13. The standard InChI is InChI=1S/C6H15N.C4H10O.CH4O/c1-4-7(5-2)6-3;1-3-5-4-2;1-2/h4-6H2,1-3H3;3-4H2,1-2H3;2H,1H3. The molecule has 0 aromatic rings. The first-order chi connectivity index (χ1) is 6.76. The van der Waals surface area contributed by atoms with E-state index in [9.17, 15) is 0 Å². The zero-order valence-corrected chi connectivity index (χ0v) is 10.8. The van der Waals surface area contributed by atoms with E-state index < -0.39 is 0 Å². The van der Waals surface area contributed by atoms with Gasteiger partial charge in [-0.3, -0.25) is 0 Å². The molecule has 3 heteroatoms. The van der Waals surface area contributed by atoms with Crippen LogP contribution < -0.4 is 0 Å². The van der Waals surface area contributed by atoms with Crippen LogP contribution in [0.15, 0.2) is 0 Å². The Hall–Kier alpha value is -0.120. The third-order valence-electron chi connectivity index (χ3n) is 1.75. The van der Waals surface area contributed by atoms with Crippen molar-refractivity contribution in [3.05, 3.63) is 0 Å². The lowest BCUT2D eigenvalue weighted by atomic mass is 10.5. The van der Waals surface area contributed by atoms with Gasteiger partial charge < -0.3 is 14.7 Å². The van der Waals surface area contributed by atoms with Crippen LogP contribution in [0.3, 0.4) is 0 Å². The number of hydrogen-bond acceptors (Lipinski definition) is 3. The van der Waals surface area contributed by atoms with Crippen molar-refractivity contribution in [2.45, 2.75) is 34.6 Å². The maximum Gasteiger partial charge on any atom is 0.0437 e. The molecular formula is C11H29NO2. The number of rotatable bonds is 5. The average Bonchev–Trinajstić information content (AvgIpc) is 2.25. The summed E-state index contributed by atoms with van der Waals surface area (Å²) in [7, 11) is 1.00. The number of aliphatic hydroxyl groups excluding tert-OH is 1. The first kappa shape index (κ1) is 19.5. The van der Waals surface area contributed by atoms with Crippen LogP contribution in [0.2, 0.25) is 0 Å². The molecule has 0 atom stereocenters. The van der Waals surface area contributed by atoms with E-state index in [4.69, 9.17) is 9.84 Å². The highest BCUT2D eigenvalue weighted by molar-refractivity contribution is 4.43. The summed E-state index contributed by atoms with van der Waals surface area (Å²) in [6.07, 6.45) is 0. The summed E-state index contributed by atoms with van der Waals surface area (Å²) in [5.41, 5.74) is 0. The summed E-state index contributed by atoms with van der Waals surface area (Å²) >= 11 is 0. The largest absolute Gasteiger partial charge is 0.400 e. The number of aliphatic hydroxyl groups is 1. The van der Waals surface area contributed by atoms with Crippen molar-refractivity contribution in [1.29, 1.82) is 0 Å². The highest BCUT2D eigenvalue weighted by Gasteiger charge is 1.89. The third-order valence-corrected chi connectivity index (χ3v) is 1.75. The van der Waals surface area contributed by atoms with Gasteiger partial charge in [-0.15, -0.1) is 0 Å². The topological polar surface area (TPSA) is 32.7 Å². The zero-order valence-electron chi connectivity index (χ0n) is 10.8. The molecule has 0 rings (SSSR count). The van der Waals surface area contributed by atoms with Gasteiger partial charge in [0.1, 0.15) is 0 Å². The van der Waals surface area contributed by atoms with Gasteiger partial charge in [-0.2, -0.15) is 0 Å². The molecule has 0 amide bonds. The van der Waals surface area contributed by atoms with Gasteiger partial charge in [-0.25, -0.2) is 0 Å². The molecule has 14 heavy (non-hydrogen) atoms. The molecule has 0 aliphatic rings. The van der Waals surface area contributed by atoms with Crippen molar-refractivity contribution in [1.82, 2.24) is 4.90 Å². The number of nitrogens with zero attached hydrogens (tertiary/aromatic N) is 1. The molecule has 0 saturated heterocycles. The Kier molecular flexibility index (Phi) is 32.0. The van der Waals surface area contributed by atoms with Gasteiger partial charge in [0.2, 0.25) is 0 Å². The first-order valence-corrected chi connectivity index (χ1v) is 5.51. The Morgan fingerprint density at radius 1 is 0.786 bits per heavy atom. The van der Waals surface area contributed by atoms with Crippen molar-refractivity contribution in [3.63, 3.8) is 0 Å². The van der Waals surface area contributed by atoms with Crippen molar-refractivity contribution in [2.75, 3.05) is 40.0 Å². The molecule has 0 aliphatic carbocycles. The summed E-state index contributed by atoms with van der Waals surface area (Å²) in [6.45, 7) is 15.8. The van der Waals surface area contributed by atoms with Crippen LogP contribution in [-0.4, -0.2) is 50.0 Å². The summed E-state index contributed by atoms with van der Waals surface area (Å²) < 4.78 is 4.83. The van der Waals surface area contributed by atoms with E-state index in [2.05, 4.69) is 25.7 Å². The molecule has 0 saturated carbocycles. The van der Waals surface area contributed by atoms with Gasteiger partial charge in [-0.1, -0.05) is 20.8 Å². The SMILES string of the molecule is CCN(CC)CC.CCOCC.CO. The van der Waals surface area contributed by atoms with Crippen LogP contribution in [0.4, 0.5) is 0 Å². The fourth-order valence-electron chi connectivity index (χ4n) is 0.875. The molecule has 0 radical (unpaired) electrons. The Morgan fingerprint density at radius 3 is 1.07 bits per heavy atom. The summed E-state index contributed by atoms with van der Waals surface area (Å²) in [4.78, 5) is 2.38. The molecule has 0 aliphatic heterocycles. The lowest BCUT2D eigenvalue weighted by Crippen LogP contribution is -2.21. The Morgan fingerprint density at radius 2 is 1.07 bits per heavy atom. The minimum absolute atomic E-state index is 0.844. The van der Waals surface area contributed by atoms with E-state index in [1.807, 2.05) is 13.8 Å². The third kappa shape index (κ3) is 22.6. The molecule has 0 heterocycles. The Bertz CT molecular complexity index is 58.8. The summed E-state index contributed by atoms with van der Waals surface area (Å²) in [5.74, 6) is 0. The van der Waals surface area contributed by atoms with Gasteiger partial charge in [0, 0.05) is 20.3 Å². The normalized spacial score (nSPS) is 8.57. The smallest absolute Gasteiger partial charge is 0.0437 e. The van der Waals surface area contributed by atoms with Gasteiger partial charge in [0.05, 0.1) is 0 Å². The fraction of sp³-hybridized carbons (Fsp3) is 1.00. The monoisotopic (exact) mass is 207 g/mol. The van der Waals surface area contributed by atoms with E-state index in [-0.39, 0.29) is 0 Å². The van der Waals surface area contributed by atoms with Crippen molar-refractivity contribution >= 4 is 0 Å². The van der Waals surface area contributed by atoms with E-state index in [1.54, 1.807) is 0 Å². The van der Waals surface area contributed by atoms with Crippen LogP contribution in [0, 0.1) is 0 Å². The van der Waals surface area contributed by atoms with Crippen LogP contribution in [0.25, 0.3) is 0 Å². The molecule has 0 unspecified atom stereocenters. The molecule has 90 valence electrons. The van der Waals surface area contributed by atoms with E-state index in [1.165, 1.54) is 19.6 Å². The summed E-state index contributed by atoms with van der Waals surface area (Å²) in [5, 5.41) is 7.00. The van der Waals surface area contributed by atoms with Crippen molar-refractivity contribution < 1.29 is 9.84 Å². The maximum atomic E-state index is 7.00. The quantitative estimate of drug-likeness (QED) is 0.748. The second kappa shape index (κ2) is 23.1. The van der Waals surface area contributed by atoms with Gasteiger partial charge >= 0.3 is 0 Å². The van der Waals surface area contributed by atoms with Gasteiger partial charge in [0.25, 0.3) is 0 Å². The van der Waals surface area contributed by atoms with Crippen LogP contribution in [0.1, 0.15) is 34.6 Å². The second-order valence-electron chi connectivity index (χ2n) is 2.40. The second-order valence-corrected chi connectivity index (χ2v) is 2.40. The van der Waals surface area contributed by atoms with Crippen LogP contribution in [0.5, 0.6) is 0 Å². The number of ether oxygens (including phenoxy) is 1. The highest BCUT2D eigenvalue weighted by Crippen LogP contribution is 1.81. The Balaban J connectivity index is -0.000000152. The minimum atomic E-state index is 0.844. The molecule has 0 fully saturated rings. The first-order valence-electron chi connectivity index (χ1n) is 5.51. The molecular weight excluding hydrogens is 178 g/mol. The average molecular weight is 207 g/mol. The van der Waals surface area contributed by atoms with E-state index in [0.717, 1.165) is 20.3 Å². The molecule has 1 N–H and O–H groups in total. The molecule has 0 spiro atoms. The fourth-order valence-corrected chi connectivity index (χ4v) is 0.875. The molecule has 3 nitrogen and oxygen atoms in total. The van der Waals surface area contributed by atoms with E-state index >= 15 is 0 Å². The van der Waals surface area contributed by atoms with E-state index in [0.29, 0.717) is 0 Å². The maximum absolute atomic E-state index is 7.00. The molecule has 0 aromatic carbocycles. The van der Waals surface area contributed by atoms with Crippen molar-refractivity contribution in [3.8, 4) is 0 Å². The summed E-state index contributed by atoms with van der Waals surface area (Å²) in [6, 6.07) is 0. The van der Waals surface area contributed by atoms with Gasteiger partial charge in [0.15, 0.2) is 0 Å². The van der Waals surface area contributed by atoms with Gasteiger partial charge in [-0.05, 0) is 33.5 Å². The minimum Gasteiger partial charge on any atom is -0.400 e. The predicted octanol–water partition coefficient (Wildman–Crippen LogP) is 2.00. The van der Waals surface area contributed by atoms with Crippen LogP contribution >= 0.6 is 0 Å². The predicted molar refractivity (Wildman–Crippen MR) is 63.8 cm³/mol. The molecule has 0 aromatic heterocycles. The lowest BCUT2D eigenvalue weighted by molar-refractivity contribution is 0.162. The van der Waals surface area contributed by atoms with Crippen LogP contribution in [-0.2, 0) is 4.74 Å². The number of hydrogen-bond donors (Lipinski definition) is 1. The molecule has 0 bridgehead atoms. The Labute approximate surface area is 90.1 Å².